The zero-order valence-electron chi connectivity index (χ0n) is 11.5. The summed E-state index contributed by atoms with van der Waals surface area (Å²) in [5, 5.41) is 3.54. The van der Waals surface area contributed by atoms with Gasteiger partial charge in [-0.3, -0.25) is 0 Å². The van der Waals surface area contributed by atoms with Crippen LogP contribution in [0.3, 0.4) is 0 Å². The van der Waals surface area contributed by atoms with Crippen LogP contribution in [0.15, 0.2) is 22.7 Å². The van der Waals surface area contributed by atoms with Gasteiger partial charge in [0.2, 0.25) is 0 Å². The van der Waals surface area contributed by atoms with Crippen molar-refractivity contribution in [2.75, 3.05) is 24.5 Å². The lowest BCUT2D eigenvalue weighted by molar-refractivity contribution is 0.480. The zero-order valence-corrected chi connectivity index (χ0v) is 13.1. The highest BCUT2D eigenvalue weighted by Gasteiger charge is 2.23. The molecule has 0 saturated carbocycles. The minimum Gasteiger partial charge on any atom is -0.370 e. The van der Waals surface area contributed by atoms with Crippen LogP contribution < -0.4 is 10.2 Å². The predicted molar refractivity (Wildman–Crippen MR) is 82.3 cm³/mol. The number of nitrogens with one attached hydrogen (secondary N) is 1. The number of hydrogen-bond acceptors (Lipinski definition) is 2. The molecule has 0 radical (unpaired) electrons. The Morgan fingerprint density at radius 3 is 2.89 bits per heavy atom. The molecule has 0 spiro atoms. The highest BCUT2D eigenvalue weighted by molar-refractivity contribution is 9.10. The van der Waals surface area contributed by atoms with Gasteiger partial charge >= 0.3 is 0 Å². The van der Waals surface area contributed by atoms with E-state index in [-0.39, 0.29) is 0 Å². The Hall–Kier alpha value is -0.540. The lowest BCUT2D eigenvalue weighted by atomic mass is 10.1. The van der Waals surface area contributed by atoms with E-state index in [1.165, 1.54) is 35.2 Å². The van der Waals surface area contributed by atoms with E-state index in [1.807, 2.05) is 0 Å². The van der Waals surface area contributed by atoms with Crippen molar-refractivity contribution in [3.8, 4) is 0 Å². The number of aryl methyl sites for hydroxylation is 1. The molecule has 2 rings (SSSR count). The fraction of sp³-hybridized carbons (Fsp3) is 0.600. The Morgan fingerprint density at radius 2 is 2.22 bits per heavy atom. The van der Waals surface area contributed by atoms with Gasteiger partial charge in [0.05, 0.1) is 5.69 Å². The molecule has 1 saturated heterocycles. The second-order valence-electron chi connectivity index (χ2n) is 5.62. The van der Waals surface area contributed by atoms with E-state index in [2.05, 4.69) is 65.1 Å². The molecule has 2 nitrogen and oxygen atoms in total. The van der Waals surface area contributed by atoms with E-state index in [9.17, 15) is 0 Å². The summed E-state index contributed by atoms with van der Waals surface area (Å²) in [7, 11) is 0. The quantitative estimate of drug-likeness (QED) is 0.914. The Balaban J connectivity index is 1.95. The second-order valence-corrected chi connectivity index (χ2v) is 6.47. The minimum absolute atomic E-state index is 0.588. The van der Waals surface area contributed by atoms with Gasteiger partial charge < -0.3 is 10.2 Å². The van der Waals surface area contributed by atoms with Gasteiger partial charge in [-0.2, -0.15) is 0 Å². The van der Waals surface area contributed by atoms with E-state index in [0.717, 1.165) is 12.5 Å². The molecule has 1 N–H and O–H groups in total. The molecule has 1 aliphatic heterocycles. The van der Waals surface area contributed by atoms with Gasteiger partial charge in [-0.05, 0) is 59.4 Å². The molecular weight excluding hydrogens is 288 g/mol. The number of nitrogens with zero attached hydrogens (tertiary/aromatic N) is 1. The van der Waals surface area contributed by atoms with Gasteiger partial charge in [0.25, 0.3) is 0 Å². The maximum absolute atomic E-state index is 3.68. The summed E-state index contributed by atoms with van der Waals surface area (Å²) in [6.45, 7) is 10.0. The van der Waals surface area contributed by atoms with Crippen molar-refractivity contribution < 1.29 is 0 Å². The Kier molecular flexibility index (Phi) is 4.68. The summed E-state index contributed by atoms with van der Waals surface area (Å²) in [5.41, 5.74) is 2.65. The molecule has 0 amide bonds. The third-order valence-corrected chi connectivity index (χ3v) is 4.18. The number of halogens is 1. The lowest BCUT2D eigenvalue weighted by Gasteiger charge is -2.21. The fourth-order valence-electron chi connectivity index (χ4n) is 2.49. The van der Waals surface area contributed by atoms with Gasteiger partial charge in [-0.15, -0.1) is 0 Å². The second kappa shape index (κ2) is 6.07. The largest absolute Gasteiger partial charge is 0.370 e. The van der Waals surface area contributed by atoms with Crippen LogP contribution in [-0.4, -0.2) is 25.7 Å². The Labute approximate surface area is 119 Å². The van der Waals surface area contributed by atoms with Crippen LogP contribution >= 0.6 is 15.9 Å². The number of rotatable bonds is 4. The van der Waals surface area contributed by atoms with Crippen molar-refractivity contribution in [3.05, 3.63) is 28.2 Å². The van der Waals surface area contributed by atoms with Crippen LogP contribution in [0.2, 0.25) is 0 Å². The third-order valence-electron chi connectivity index (χ3n) is 3.54. The minimum atomic E-state index is 0.588. The number of anilines is 1. The van der Waals surface area contributed by atoms with Crippen LogP contribution in [-0.2, 0) is 0 Å². The van der Waals surface area contributed by atoms with Crippen LogP contribution in [0.1, 0.15) is 25.8 Å². The monoisotopic (exact) mass is 310 g/mol. The van der Waals surface area contributed by atoms with Crippen molar-refractivity contribution in [2.24, 2.45) is 5.92 Å². The molecule has 1 unspecified atom stereocenters. The summed E-state index contributed by atoms with van der Waals surface area (Å²) in [4.78, 5) is 2.50. The first-order valence-electron chi connectivity index (χ1n) is 6.80. The van der Waals surface area contributed by atoms with Gasteiger partial charge in [0, 0.05) is 23.6 Å². The lowest BCUT2D eigenvalue weighted by Crippen LogP contribution is -2.30. The first kappa shape index (κ1) is 13.9. The molecule has 1 aromatic rings. The summed E-state index contributed by atoms with van der Waals surface area (Å²) in [5.74, 6) is 0.778. The molecule has 18 heavy (non-hydrogen) atoms. The highest BCUT2D eigenvalue weighted by Crippen LogP contribution is 2.31. The standard InChI is InChI=1S/C15H23BrN2/c1-11(2)17-9-13-6-7-18(10-13)15-5-4-12(3)8-14(15)16/h4-5,8,11,13,17H,6-7,9-10H2,1-3H3. The van der Waals surface area contributed by atoms with E-state index < -0.39 is 0 Å². The number of hydrogen-bond donors (Lipinski definition) is 1. The van der Waals surface area contributed by atoms with Crippen molar-refractivity contribution in [1.29, 1.82) is 0 Å². The first-order chi connectivity index (χ1) is 8.56. The maximum atomic E-state index is 3.68. The summed E-state index contributed by atoms with van der Waals surface area (Å²) in [6.07, 6.45) is 1.29. The Bertz CT molecular complexity index is 403. The zero-order chi connectivity index (χ0) is 13.1. The molecule has 1 heterocycles. The average Bonchev–Trinajstić information content (AvgIpc) is 2.75. The van der Waals surface area contributed by atoms with E-state index in [4.69, 9.17) is 0 Å². The van der Waals surface area contributed by atoms with Gasteiger partial charge in [0.15, 0.2) is 0 Å². The molecular formula is C15H23BrN2. The molecule has 3 heteroatoms. The molecule has 0 bridgehead atoms. The normalized spacial score (nSPS) is 19.8. The fourth-order valence-corrected chi connectivity index (χ4v) is 3.23. The van der Waals surface area contributed by atoms with Crippen LogP contribution in [0, 0.1) is 12.8 Å². The molecule has 1 aromatic carbocycles. The molecule has 1 atom stereocenters. The number of benzene rings is 1. The highest BCUT2D eigenvalue weighted by atomic mass is 79.9. The maximum Gasteiger partial charge on any atom is 0.0510 e. The summed E-state index contributed by atoms with van der Waals surface area (Å²) in [6, 6.07) is 7.22. The third kappa shape index (κ3) is 3.48. The molecule has 0 aliphatic carbocycles. The molecule has 1 aliphatic rings. The van der Waals surface area contributed by atoms with E-state index >= 15 is 0 Å². The van der Waals surface area contributed by atoms with Crippen molar-refractivity contribution in [2.45, 2.75) is 33.2 Å². The smallest absolute Gasteiger partial charge is 0.0510 e. The van der Waals surface area contributed by atoms with Gasteiger partial charge in [0.1, 0.15) is 0 Å². The van der Waals surface area contributed by atoms with Gasteiger partial charge in [-0.1, -0.05) is 19.9 Å². The van der Waals surface area contributed by atoms with Crippen molar-refractivity contribution in [3.63, 3.8) is 0 Å². The molecule has 1 fully saturated rings. The SMILES string of the molecule is Cc1ccc(N2CCC(CNC(C)C)C2)c(Br)c1. The molecule has 100 valence electrons. The predicted octanol–water partition coefficient (Wildman–Crippen LogP) is 3.58. The van der Waals surface area contributed by atoms with E-state index in [1.54, 1.807) is 0 Å². The average molecular weight is 311 g/mol. The van der Waals surface area contributed by atoms with Crippen LogP contribution in [0.5, 0.6) is 0 Å². The summed E-state index contributed by atoms with van der Waals surface area (Å²) >= 11 is 3.68. The van der Waals surface area contributed by atoms with E-state index in [0.29, 0.717) is 6.04 Å². The Morgan fingerprint density at radius 1 is 1.44 bits per heavy atom. The van der Waals surface area contributed by atoms with Crippen molar-refractivity contribution >= 4 is 21.6 Å². The topological polar surface area (TPSA) is 15.3 Å². The van der Waals surface area contributed by atoms with Crippen LogP contribution in [0.25, 0.3) is 0 Å². The van der Waals surface area contributed by atoms with Crippen molar-refractivity contribution in [1.82, 2.24) is 5.32 Å². The van der Waals surface area contributed by atoms with Gasteiger partial charge in [-0.25, -0.2) is 0 Å². The van der Waals surface area contributed by atoms with Crippen LogP contribution in [0.4, 0.5) is 5.69 Å². The first-order valence-corrected chi connectivity index (χ1v) is 7.60. The summed E-state index contributed by atoms with van der Waals surface area (Å²) < 4.78 is 1.22. The molecule has 0 aromatic heterocycles.